The molecule has 0 radical (unpaired) electrons. The van der Waals surface area contributed by atoms with Gasteiger partial charge in [0.25, 0.3) is 0 Å². The van der Waals surface area contributed by atoms with Crippen LogP contribution in [0.1, 0.15) is 134 Å². The van der Waals surface area contributed by atoms with E-state index in [1.54, 1.807) is 7.11 Å². The van der Waals surface area contributed by atoms with E-state index >= 15 is 0 Å². The fraction of sp³-hybridized carbons (Fsp3) is 0.558. The zero-order valence-electron chi connectivity index (χ0n) is 32.1. The van der Waals surface area contributed by atoms with Crippen molar-refractivity contribution in [2.24, 2.45) is 0 Å². The molecule has 0 atom stereocenters. The molecular formula is C43H62N2O4. The van der Waals surface area contributed by atoms with Crippen LogP contribution < -0.4 is 14.8 Å². The molecule has 0 aromatic heterocycles. The summed E-state index contributed by atoms with van der Waals surface area (Å²) in [5.41, 5.74) is 7.68. The van der Waals surface area contributed by atoms with Crippen LogP contribution in [0.15, 0.2) is 48.5 Å². The van der Waals surface area contributed by atoms with Gasteiger partial charge in [-0.2, -0.15) is 0 Å². The minimum absolute atomic E-state index is 0.000996. The minimum atomic E-state index is -0.165. The van der Waals surface area contributed by atoms with Gasteiger partial charge in [-0.3, -0.25) is 0 Å². The fourth-order valence-electron chi connectivity index (χ4n) is 6.92. The molecule has 2 amide bonds. The topological polar surface area (TPSA) is 60.0 Å². The highest BCUT2D eigenvalue weighted by atomic mass is 16.7. The molecule has 0 spiro atoms. The number of rotatable bonds is 12. The Morgan fingerprint density at radius 1 is 0.755 bits per heavy atom. The van der Waals surface area contributed by atoms with E-state index in [1.807, 2.05) is 12.1 Å². The highest BCUT2D eigenvalue weighted by Crippen LogP contribution is 2.43. The number of benzene rings is 3. The van der Waals surface area contributed by atoms with Crippen LogP contribution in [0.25, 0.3) is 0 Å². The van der Waals surface area contributed by atoms with Crippen molar-refractivity contribution in [1.82, 2.24) is 4.90 Å². The Hall–Kier alpha value is -3.51. The van der Waals surface area contributed by atoms with Gasteiger partial charge >= 0.3 is 6.03 Å². The van der Waals surface area contributed by atoms with E-state index in [0.29, 0.717) is 6.54 Å². The Morgan fingerprint density at radius 3 is 1.78 bits per heavy atom. The Labute approximate surface area is 296 Å². The average Bonchev–Trinajstić information content (AvgIpc) is 3.35. The zero-order chi connectivity index (χ0) is 35.8. The predicted molar refractivity (Wildman–Crippen MR) is 203 cm³/mol. The summed E-state index contributed by atoms with van der Waals surface area (Å²) in [6, 6.07) is 17.2. The van der Waals surface area contributed by atoms with Gasteiger partial charge in [-0.05, 0) is 89.5 Å². The average molecular weight is 671 g/mol. The molecule has 1 fully saturated rings. The molecule has 0 bridgehead atoms. The number of methoxy groups -OCH3 is 1. The van der Waals surface area contributed by atoms with Crippen LogP contribution in [0.2, 0.25) is 0 Å². The number of nitrogens with one attached hydrogen (secondary N) is 1. The van der Waals surface area contributed by atoms with Crippen molar-refractivity contribution in [1.29, 1.82) is 0 Å². The fourth-order valence-corrected chi connectivity index (χ4v) is 6.92. The van der Waals surface area contributed by atoms with Crippen LogP contribution in [-0.4, -0.2) is 30.9 Å². The third kappa shape index (κ3) is 10.0. The molecule has 0 unspecified atom stereocenters. The highest BCUT2D eigenvalue weighted by Gasteiger charge is 2.29. The molecule has 4 rings (SSSR count). The molecule has 1 aliphatic carbocycles. The summed E-state index contributed by atoms with van der Waals surface area (Å²) in [6.45, 7) is 20.4. The van der Waals surface area contributed by atoms with E-state index in [-0.39, 0.29) is 29.7 Å². The standard InChI is InChI=1S/C43H62N2O4/c1-11-30-24-32(12-2)39(33(13-3)25-30)44-41(46)45(34-18-16-14-15-17-19-34)28-31-20-22-35(23-21-31)49-36-26-37(42(4,5)6)40(48-29-47-10)38(27-36)43(7,8)9/h20-27,34H,11-19,28-29H2,1-10H3,(H,44,46). The normalized spacial score (nSPS) is 14.3. The van der Waals surface area contributed by atoms with E-state index < -0.39 is 0 Å². The maximum absolute atomic E-state index is 14.2. The van der Waals surface area contributed by atoms with Gasteiger partial charge in [-0.1, -0.05) is 112 Å². The number of carbonyl (C=O) groups excluding carboxylic acids is 1. The molecule has 6 nitrogen and oxygen atoms in total. The van der Waals surface area contributed by atoms with Crippen LogP contribution in [-0.2, 0) is 41.4 Å². The molecule has 6 heteroatoms. The Balaban J connectivity index is 1.61. The van der Waals surface area contributed by atoms with Gasteiger partial charge in [0.15, 0.2) is 6.79 Å². The number of nitrogens with zero attached hydrogens (tertiary/aromatic N) is 1. The summed E-state index contributed by atoms with van der Waals surface area (Å²) in [5.74, 6) is 2.40. The molecule has 0 saturated heterocycles. The lowest BCUT2D eigenvalue weighted by Crippen LogP contribution is -2.42. The number of hydrogen-bond acceptors (Lipinski definition) is 4. The van der Waals surface area contributed by atoms with Gasteiger partial charge in [0.1, 0.15) is 17.2 Å². The molecule has 49 heavy (non-hydrogen) atoms. The van der Waals surface area contributed by atoms with Gasteiger partial charge < -0.3 is 24.4 Å². The largest absolute Gasteiger partial charge is 0.467 e. The maximum atomic E-state index is 14.2. The number of hydrogen-bond donors (Lipinski definition) is 1. The van der Waals surface area contributed by atoms with Crippen molar-refractivity contribution < 1.29 is 19.0 Å². The third-order valence-electron chi connectivity index (χ3n) is 9.80. The summed E-state index contributed by atoms with van der Waals surface area (Å²) in [7, 11) is 1.65. The van der Waals surface area contributed by atoms with Gasteiger partial charge in [-0.15, -0.1) is 0 Å². The number of urea groups is 1. The summed E-state index contributed by atoms with van der Waals surface area (Å²) < 4.78 is 18.0. The monoisotopic (exact) mass is 670 g/mol. The summed E-state index contributed by atoms with van der Waals surface area (Å²) in [5, 5.41) is 3.41. The zero-order valence-corrected chi connectivity index (χ0v) is 32.1. The van der Waals surface area contributed by atoms with E-state index in [4.69, 9.17) is 14.2 Å². The summed E-state index contributed by atoms with van der Waals surface area (Å²) in [4.78, 5) is 16.3. The number of anilines is 1. The SMILES string of the molecule is CCc1cc(CC)c(NC(=O)N(Cc2ccc(Oc3cc(C(C)(C)C)c(OCOC)c(C(C)(C)C)c3)cc2)C2CCCCCC2)c(CC)c1. The second-order valence-corrected chi connectivity index (χ2v) is 15.7. The van der Waals surface area contributed by atoms with Crippen LogP contribution in [0, 0.1) is 0 Å². The first-order valence-corrected chi connectivity index (χ1v) is 18.6. The molecule has 3 aromatic rings. The van der Waals surface area contributed by atoms with E-state index in [1.165, 1.54) is 29.5 Å². The van der Waals surface area contributed by atoms with Crippen molar-refractivity contribution >= 4 is 11.7 Å². The number of ether oxygens (including phenoxy) is 3. The van der Waals surface area contributed by atoms with E-state index in [2.05, 4.69) is 109 Å². The number of aryl methyl sites for hydroxylation is 3. The van der Waals surface area contributed by atoms with Crippen molar-refractivity contribution in [2.45, 2.75) is 144 Å². The lowest BCUT2D eigenvalue weighted by Gasteiger charge is -2.32. The van der Waals surface area contributed by atoms with Crippen LogP contribution in [0.3, 0.4) is 0 Å². The number of amides is 2. The lowest BCUT2D eigenvalue weighted by molar-refractivity contribution is 0.0484. The maximum Gasteiger partial charge on any atom is 0.322 e. The van der Waals surface area contributed by atoms with Crippen LogP contribution in [0.5, 0.6) is 17.2 Å². The first-order chi connectivity index (χ1) is 23.3. The summed E-state index contributed by atoms with van der Waals surface area (Å²) in [6.07, 6.45) is 9.66. The van der Waals surface area contributed by atoms with E-state index in [0.717, 1.165) is 84.6 Å². The summed E-state index contributed by atoms with van der Waals surface area (Å²) >= 11 is 0. The Bertz CT molecular complexity index is 1460. The Kier molecular flexibility index (Phi) is 13.2. The molecule has 3 aromatic carbocycles. The van der Waals surface area contributed by atoms with Crippen molar-refractivity contribution in [2.75, 3.05) is 19.2 Å². The van der Waals surface area contributed by atoms with Gasteiger partial charge in [-0.25, -0.2) is 4.79 Å². The van der Waals surface area contributed by atoms with Crippen LogP contribution in [0.4, 0.5) is 10.5 Å². The smallest absolute Gasteiger partial charge is 0.322 e. The van der Waals surface area contributed by atoms with Crippen molar-refractivity contribution in [3.05, 3.63) is 81.9 Å². The molecular weight excluding hydrogens is 608 g/mol. The molecule has 0 aliphatic heterocycles. The molecule has 1 aliphatic rings. The molecule has 1 saturated carbocycles. The first-order valence-electron chi connectivity index (χ1n) is 18.6. The molecule has 268 valence electrons. The lowest BCUT2D eigenvalue weighted by atomic mass is 9.79. The highest BCUT2D eigenvalue weighted by molar-refractivity contribution is 5.91. The third-order valence-corrected chi connectivity index (χ3v) is 9.80. The van der Waals surface area contributed by atoms with Crippen LogP contribution >= 0.6 is 0 Å². The van der Waals surface area contributed by atoms with Gasteiger partial charge in [0.2, 0.25) is 0 Å². The predicted octanol–water partition coefficient (Wildman–Crippen LogP) is 11.5. The minimum Gasteiger partial charge on any atom is -0.467 e. The second-order valence-electron chi connectivity index (χ2n) is 15.7. The Morgan fingerprint density at radius 2 is 1.31 bits per heavy atom. The quantitative estimate of drug-likeness (QED) is 0.154. The van der Waals surface area contributed by atoms with Crippen molar-refractivity contribution in [3.8, 4) is 17.2 Å². The number of carbonyl (C=O) groups is 1. The first kappa shape index (κ1) is 38.3. The van der Waals surface area contributed by atoms with Gasteiger partial charge in [0, 0.05) is 36.5 Å². The molecule has 1 N–H and O–H groups in total. The van der Waals surface area contributed by atoms with E-state index in [9.17, 15) is 4.79 Å². The van der Waals surface area contributed by atoms with Gasteiger partial charge in [0.05, 0.1) is 0 Å². The van der Waals surface area contributed by atoms with Crippen molar-refractivity contribution in [3.63, 3.8) is 0 Å². The second kappa shape index (κ2) is 16.9. The molecule has 0 heterocycles.